The molecule has 0 aromatic heterocycles. The lowest BCUT2D eigenvalue weighted by atomic mass is 9.95. The van der Waals surface area contributed by atoms with Crippen LogP contribution in [0.2, 0.25) is 0 Å². The molecule has 0 bridgehead atoms. The summed E-state index contributed by atoms with van der Waals surface area (Å²) in [6, 6.07) is 10.1. The van der Waals surface area contributed by atoms with Crippen LogP contribution in [-0.4, -0.2) is 35.3 Å². The van der Waals surface area contributed by atoms with Gasteiger partial charge in [-0.05, 0) is 37.7 Å². The molecule has 4 nitrogen and oxygen atoms in total. The van der Waals surface area contributed by atoms with Crippen molar-refractivity contribution in [2.45, 2.75) is 69.9 Å². The third-order valence-corrected chi connectivity index (χ3v) is 5.30. The Balaban J connectivity index is 1.52. The quantitative estimate of drug-likeness (QED) is 0.903. The highest BCUT2D eigenvalue weighted by Crippen LogP contribution is 2.22. The van der Waals surface area contributed by atoms with Gasteiger partial charge in [-0.25, -0.2) is 0 Å². The third-order valence-electron chi connectivity index (χ3n) is 5.30. The molecule has 1 saturated heterocycles. The summed E-state index contributed by atoms with van der Waals surface area (Å²) in [6.07, 6.45) is 8.81. The monoisotopic (exact) mass is 328 g/mol. The summed E-state index contributed by atoms with van der Waals surface area (Å²) >= 11 is 0. The number of aryl methyl sites for hydroxylation is 1. The summed E-state index contributed by atoms with van der Waals surface area (Å²) in [6.45, 7) is 0.719. The van der Waals surface area contributed by atoms with Crippen molar-refractivity contribution in [2.75, 3.05) is 6.54 Å². The van der Waals surface area contributed by atoms with Crippen LogP contribution in [0.4, 0.5) is 0 Å². The maximum Gasteiger partial charge on any atom is 0.243 e. The molecule has 1 aromatic carbocycles. The molecule has 2 fully saturated rings. The van der Waals surface area contributed by atoms with Gasteiger partial charge in [0, 0.05) is 19.0 Å². The van der Waals surface area contributed by atoms with E-state index in [2.05, 4.69) is 5.32 Å². The zero-order valence-electron chi connectivity index (χ0n) is 14.4. The van der Waals surface area contributed by atoms with E-state index in [9.17, 15) is 9.59 Å². The summed E-state index contributed by atoms with van der Waals surface area (Å²) in [7, 11) is 0. The standard InChI is InChI=1S/C20H28N2O2/c23-19(14-13-16-8-3-1-4-9-16)22-15-7-12-18(22)20(24)21-17-10-5-2-6-11-17/h1,3-4,8-9,17-18H,2,5-7,10-15H2,(H,21,24)/t18-/m0/s1. The van der Waals surface area contributed by atoms with Crippen LogP contribution >= 0.6 is 0 Å². The first-order chi connectivity index (χ1) is 11.7. The lowest BCUT2D eigenvalue weighted by Gasteiger charge is -2.28. The van der Waals surface area contributed by atoms with E-state index in [4.69, 9.17) is 0 Å². The van der Waals surface area contributed by atoms with Gasteiger partial charge in [0.2, 0.25) is 11.8 Å². The van der Waals surface area contributed by atoms with Crippen molar-refractivity contribution in [3.05, 3.63) is 35.9 Å². The van der Waals surface area contributed by atoms with Gasteiger partial charge in [-0.1, -0.05) is 49.6 Å². The predicted octanol–water partition coefficient (Wildman–Crippen LogP) is 3.06. The number of carbonyl (C=O) groups excluding carboxylic acids is 2. The van der Waals surface area contributed by atoms with E-state index in [1.807, 2.05) is 30.3 Å². The highest BCUT2D eigenvalue weighted by atomic mass is 16.2. The molecular formula is C20H28N2O2. The third kappa shape index (κ3) is 4.37. The van der Waals surface area contributed by atoms with Gasteiger partial charge in [0.15, 0.2) is 0 Å². The fourth-order valence-electron chi connectivity index (χ4n) is 3.92. The molecule has 1 heterocycles. The summed E-state index contributed by atoms with van der Waals surface area (Å²) in [5, 5.41) is 3.19. The fourth-order valence-corrected chi connectivity index (χ4v) is 3.92. The van der Waals surface area contributed by atoms with Gasteiger partial charge < -0.3 is 10.2 Å². The van der Waals surface area contributed by atoms with E-state index >= 15 is 0 Å². The van der Waals surface area contributed by atoms with Crippen LogP contribution in [-0.2, 0) is 16.0 Å². The number of hydrogen-bond donors (Lipinski definition) is 1. The van der Waals surface area contributed by atoms with Crippen LogP contribution in [0.1, 0.15) is 56.9 Å². The van der Waals surface area contributed by atoms with Gasteiger partial charge in [-0.3, -0.25) is 9.59 Å². The average molecular weight is 328 g/mol. The molecule has 1 N–H and O–H groups in total. The fraction of sp³-hybridized carbons (Fsp3) is 0.600. The Bertz CT molecular complexity index is 552. The van der Waals surface area contributed by atoms with Crippen LogP contribution in [0.15, 0.2) is 30.3 Å². The Labute approximate surface area is 144 Å². The second-order valence-corrected chi connectivity index (χ2v) is 7.07. The number of carbonyl (C=O) groups is 2. The molecule has 0 radical (unpaired) electrons. The molecular weight excluding hydrogens is 300 g/mol. The summed E-state index contributed by atoms with van der Waals surface area (Å²) in [4.78, 5) is 27.0. The maximum atomic E-state index is 12.6. The minimum atomic E-state index is -0.254. The molecule has 24 heavy (non-hydrogen) atoms. The van der Waals surface area contributed by atoms with Crippen molar-refractivity contribution in [3.8, 4) is 0 Å². The summed E-state index contributed by atoms with van der Waals surface area (Å²) < 4.78 is 0. The Kier molecular flexibility index (Phi) is 5.89. The van der Waals surface area contributed by atoms with Crippen LogP contribution in [0.5, 0.6) is 0 Å². The number of amides is 2. The zero-order valence-corrected chi connectivity index (χ0v) is 14.4. The normalized spacial score (nSPS) is 21.7. The first kappa shape index (κ1) is 17.0. The van der Waals surface area contributed by atoms with Gasteiger partial charge in [-0.2, -0.15) is 0 Å². The molecule has 1 aliphatic heterocycles. The van der Waals surface area contributed by atoms with E-state index in [1.165, 1.54) is 24.8 Å². The van der Waals surface area contributed by atoms with E-state index < -0.39 is 0 Å². The number of hydrogen-bond acceptors (Lipinski definition) is 2. The van der Waals surface area contributed by atoms with Gasteiger partial charge in [0.1, 0.15) is 6.04 Å². The molecule has 1 aromatic rings. The SMILES string of the molecule is O=C(NC1CCCCC1)[C@@H]1CCCN1C(=O)CCc1ccccc1. The van der Waals surface area contributed by atoms with Crippen LogP contribution in [0.3, 0.4) is 0 Å². The molecule has 0 spiro atoms. The van der Waals surface area contributed by atoms with Crippen LogP contribution in [0.25, 0.3) is 0 Å². The number of likely N-dealkylation sites (tertiary alicyclic amines) is 1. The second kappa shape index (κ2) is 8.32. The van der Waals surface area contributed by atoms with Crippen molar-refractivity contribution in [1.29, 1.82) is 0 Å². The molecule has 2 aliphatic rings. The largest absolute Gasteiger partial charge is 0.352 e. The van der Waals surface area contributed by atoms with Crippen LogP contribution < -0.4 is 5.32 Å². The van der Waals surface area contributed by atoms with Crippen LogP contribution in [0, 0.1) is 0 Å². The van der Waals surface area contributed by atoms with Crippen molar-refractivity contribution in [2.24, 2.45) is 0 Å². The molecule has 0 unspecified atom stereocenters. The topological polar surface area (TPSA) is 49.4 Å². The van der Waals surface area contributed by atoms with Gasteiger partial charge >= 0.3 is 0 Å². The minimum absolute atomic E-state index is 0.0625. The highest BCUT2D eigenvalue weighted by molar-refractivity contribution is 5.88. The molecule has 1 aliphatic carbocycles. The number of nitrogens with zero attached hydrogens (tertiary/aromatic N) is 1. The molecule has 3 rings (SSSR count). The number of benzene rings is 1. The average Bonchev–Trinajstić information content (AvgIpc) is 3.11. The van der Waals surface area contributed by atoms with Crippen molar-refractivity contribution in [3.63, 3.8) is 0 Å². The van der Waals surface area contributed by atoms with Gasteiger partial charge in [0.05, 0.1) is 0 Å². The maximum absolute atomic E-state index is 12.6. The Hall–Kier alpha value is -1.84. The predicted molar refractivity (Wildman–Crippen MR) is 94.5 cm³/mol. The van der Waals surface area contributed by atoms with E-state index in [1.54, 1.807) is 4.90 Å². The first-order valence-corrected chi connectivity index (χ1v) is 9.38. The van der Waals surface area contributed by atoms with Gasteiger partial charge in [0.25, 0.3) is 0 Å². The molecule has 4 heteroatoms. The lowest BCUT2D eigenvalue weighted by molar-refractivity contribution is -0.138. The van der Waals surface area contributed by atoms with Crippen molar-refractivity contribution >= 4 is 11.8 Å². The number of rotatable bonds is 5. The highest BCUT2D eigenvalue weighted by Gasteiger charge is 2.34. The van der Waals surface area contributed by atoms with E-state index in [0.717, 1.165) is 38.6 Å². The zero-order chi connectivity index (χ0) is 16.8. The van der Waals surface area contributed by atoms with E-state index in [0.29, 0.717) is 12.5 Å². The van der Waals surface area contributed by atoms with Gasteiger partial charge in [-0.15, -0.1) is 0 Å². The Morgan fingerprint density at radius 1 is 1.00 bits per heavy atom. The lowest BCUT2D eigenvalue weighted by Crippen LogP contribution is -2.49. The molecule has 2 amide bonds. The first-order valence-electron chi connectivity index (χ1n) is 9.38. The summed E-state index contributed by atoms with van der Waals surface area (Å²) in [5.41, 5.74) is 1.17. The van der Waals surface area contributed by atoms with E-state index in [-0.39, 0.29) is 17.9 Å². The van der Waals surface area contributed by atoms with Crippen molar-refractivity contribution < 1.29 is 9.59 Å². The Morgan fingerprint density at radius 3 is 2.50 bits per heavy atom. The smallest absolute Gasteiger partial charge is 0.243 e. The molecule has 1 atom stereocenters. The minimum Gasteiger partial charge on any atom is -0.352 e. The molecule has 130 valence electrons. The number of nitrogens with one attached hydrogen (secondary N) is 1. The second-order valence-electron chi connectivity index (χ2n) is 7.07. The Morgan fingerprint density at radius 2 is 1.75 bits per heavy atom. The van der Waals surface area contributed by atoms with Crippen molar-refractivity contribution in [1.82, 2.24) is 10.2 Å². The summed E-state index contributed by atoms with van der Waals surface area (Å²) in [5.74, 6) is 0.174. The molecule has 1 saturated carbocycles.